The van der Waals surface area contributed by atoms with Gasteiger partial charge in [-0.15, -0.1) is 0 Å². The fourth-order valence-corrected chi connectivity index (χ4v) is 0.996. The van der Waals surface area contributed by atoms with Gasteiger partial charge in [-0.2, -0.15) is 12.8 Å². The average Bonchev–Trinajstić information content (AvgIpc) is 2.34. The van der Waals surface area contributed by atoms with Crippen molar-refractivity contribution >= 4 is 18.2 Å². The van der Waals surface area contributed by atoms with Gasteiger partial charge in [-0.1, -0.05) is 27.7 Å². The van der Waals surface area contributed by atoms with Crippen LogP contribution in [0, 0.1) is 18.8 Å². The van der Waals surface area contributed by atoms with E-state index in [1.165, 1.54) is 27.1 Å². The van der Waals surface area contributed by atoms with Crippen LogP contribution in [-0.4, -0.2) is 44.1 Å². The molecule has 0 aromatic carbocycles. The Hall–Kier alpha value is -0.326. The fraction of sp³-hybridized carbons (Fsp3) is 0.765. The molecule has 1 radical (unpaired) electrons. The molecule has 24 heavy (non-hydrogen) atoms. The van der Waals surface area contributed by atoms with Crippen molar-refractivity contribution in [3.05, 3.63) is 6.92 Å². The van der Waals surface area contributed by atoms with Gasteiger partial charge < -0.3 is 25.9 Å². The molecule has 0 saturated heterocycles. The van der Waals surface area contributed by atoms with Crippen LogP contribution in [0.15, 0.2) is 0 Å². The normalized spacial score (nSPS) is 10.2. The molecule has 0 bridgehead atoms. The summed E-state index contributed by atoms with van der Waals surface area (Å²) in [5.74, 6) is 0.179. The summed E-state index contributed by atoms with van der Waals surface area (Å²) in [4.78, 5) is 30.1. The van der Waals surface area contributed by atoms with E-state index in [9.17, 15) is 9.59 Å². The second kappa shape index (κ2) is 22.7. The zero-order chi connectivity index (χ0) is 18.8. The maximum absolute atomic E-state index is 10.8. The number of esters is 2. The molecule has 0 aromatic heterocycles. The standard InChI is InChI=1S/C11H20O5.C4H9.C2H3O.Y/c1-8(2)5-14-6-11(16-10(4)13)7-15-9(3)12;1-4(2)3;1-2-3;/h8,11H,5-7H2,1-4H3;4H,1H2,2-3H3;1H3;/q;2*-1;/t11-;;;/m0.../s1. The Kier molecular flexibility index (Phi) is 29.7. The van der Waals surface area contributed by atoms with Gasteiger partial charge in [0.15, 0.2) is 6.10 Å². The zero-order valence-corrected chi connectivity index (χ0v) is 18.9. The van der Waals surface area contributed by atoms with Crippen molar-refractivity contribution < 1.29 is 61.3 Å². The fourth-order valence-electron chi connectivity index (χ4n) is 0.996. The summed E-state index contributed by atoms with van der Waals surface area (Å²) in [7, 11) is 0. The Morgan fingerprint density at radius 3 is 1.71 bits per heavy atom. The van der Waals surface area contributed by atoms with Crippen molar-refractivity contribution in [1.29, 1.82) is 0 Å². The van der Waals surface area contributed by atoms with Crippen molar-refractivity contribution in [2.45, 2.75) is 54.6 Å². The van der Waals surface area contributed by atoms with E-state index >= 15 is 0 Å². The zero-order valence-electron chi connectivity index (χ0n) is 16.1. The van der Waals surface area contributed by atoms with E-state index in [1.807, 2.05) is 13.8 Å². The predicted octanol–water partition coefficient (Wildman–Crippen LogP) is 2.74. The summed E-state index contributed by atoms with van der Waals surface area (Å²) in [5.41, 5.74) is 0. The number of ether oxygens (including phenoxy) is 3. The molecule has 0 aliphatic heterocycles. The third-order valence-electron chi connectivity index (χ3n) is 1.56. The molecular formula is C17H32O6Y-2. The molecule has 0 amide bonds. The van der Waals surface area contributed by atoms with E-state index in [0.29, 0.717) is 18.4 Å². The van der Waals surface area contributed by atoms with Crippen LogP contribution >= 0.6 is 0 Å². The molecule has 0 rings (SSSR count). The summed E-state index contributed by atoms with van der Waals surface area (Å²) in [6.07, 6.45) is 0.972. The molecule has 0 unspecified atom stereocenters. The first-order valence-electron chi connectivity index (χ1n) is 7.56. The third kappa shape index (κ3) is 43.0. The van der Waals surface area contributed by atoms with E-state index in [2.05, 4.69) is 20.8 Å². The molecule has 7 heteroatoms. The van der Waals surface area contributed by atoms with Crippen LogP contribution < -0.4 is 0 Å². The minimum Gasteiger partial charge on any atom is -0.542 e. The molecule has 1 atom stereocenters. The molecule has 0 aliphatic rings. The maximum atomic E-state index is 10.8. The van der Waals surface area contributed by atoms with E-state index < -0.39 is 18.0 Å². The molecule has 0 saturated carbocycles. The minimum absolute atomic E-state index is 0. The molecule has 141 valence electrons. The molecule has 0 aromatic rings. The predicted molar refractivity (Wildman–Crippen MR) is 89.4 cm³/mol. The van der Waals surface area contributed by atoms with E-state index in [0.717, 1.165) is 0 Å². The van der Waals surface area contributed by atoms with Crippen molar-refractivity contribution in [3.8, 4) is 0 Å². The first kappa shape index (κ1) is 31.4. The second-order valence-electron chi connectivity index (χ2n) is 5.56. The molecule has 0 heterocycles. The third-order valence-corrected chi connectivity index (χ3v) is 1.56. The van der Waals surface area contributed by atoms with Crippen molar-refractivity contribution in [2.75, 3.05) is 19.8 Å². The Labute approximate surface area is 172 Å². The average molecular weight is 421 g/mol. The van der Waals surface area contributed by atoms with Crippen LogP contribution in [0.2, 0.25) is 0 Å². The van der Waals surface area contributed by atoms with Gasteiger partial charge in [0, 0.05) is 53.2 Å². The van der Waals surface area contributed by atoms with Gasteiger partial charge in [-0.05, 0) is 5.92 Å². The van der Waals surface area contributed by atoms with Gasteiger partial charge >= 0.3 is 11.9 Å². The monoisotopic (exact) mass is 421 g/mol. The van der Waals surface area contributed by atoms with Crippen LogP contribution in [0.4, 0.5) is 0 Å². The first-order valence-corrected chi connectivity index (χ1v) is 7.56. The van der Waals surface area contributed by atoms with Gasteiger partial charge in [0.05, 0.1) is 6.61 Å². The Bertz CT molecular complexity index is 303. The SMILES string of the molecule is CC(=O)OC[C@H](COCC(C)C)OC(C)=O.C[C-]=O.[CH2-]C(C)C.[Y]. The van der Waals surface area contributed by atoms with E-state index in [1.54, 1.807) is 0 Å². The van der Waals surface area contributed by atoms with Gasteiger partial charge in [0.1, 0.15) is 6.61 Å². The van der Waals surface area contributed by atoms with Crippen molar-refractivity contribution in [2.24, 2.45) is 11.8 Å². The number of carbonyl (C=O) groups excluding carboxylic acids is 3. The summed E-state index contributed by atoms with van der Waals surface area (Å²) in [6, 6.07) is 0. The van der Waals surface area contributed by atoms with Crippen LogP contribution in [0.25, 0.3) is 0 Å². The molecule has 0 spiro atoms. The summed E-state index contributed by atoms with van der Waals surface area (Å²) < 4.78 is 15.0. The summed E-state index contributed by atoms with van der Waals surface area (Å²) >= 11 is 0. The molecule has 6 nitrogen and oxygen atoms in total. The summed E-state index contributed by atoms with van der Waals surface area (Å²) in [6.45, 7) is 16.6. The Morgan fingerprint density at radius 1 is 1.00 bits per heavy atom. The van der Waals surface area contributed by atoms with E-state index in [4.69, 9.17) is 19.0 Å². The van der Waals surface area contributed by atoms with Gasteiger partial charge in [-0.25, -0.2) is 0 Å². The smallest absolute Gasteiger partial charge is 0.303 e. The van der Waals surface area contributed by atoms with Crippen molar-refractivity contribution in [1.82, 2.24) is 0 Å². The molecule has 0 fully saturated rings. The van der Waals surface area contributed by atoms with Crippen LogP contribution in [-0.2, 0) is 61.3 Å². The number of rotatable bonds is 7. The van der Waals surface area contributed by atoms with Crippen LogP contribution in [0.1, 0.15) is 48.5 Å². The van der Waals surface area contributed by atoms with Gasteiger partial charge in [0.2, 0.25) is 0 Å². The minimum atomic E-state index is -0.528. The quantitative estimate of drug-likeness (QED) is 0.465. The Balaban J connectivity index is -0.000000212. The second-order valence-corrected chi connectivity index (χ2v) is 5.56. The van der Waals surface area contributed by atoms with Crippen LogP contribution in [0.5, 0.6) is 0 Å². The number of carbonyl (C=O) groups is 2. The van der Waals surface area contributed by atoms with E-state index in [-0.39, 0.29) is 45.9 Å². The molecule has 0 N–H and O–H groups in total. The largest absolute Gasteiger partial charge is 0.542 e. The molecular weight excluding hydrogens is 389 g/mol. The summed E-state index contributed by atoms with van der Waals surface area (Å²) in [5, 5.41) is 0. The molecule has 0 aliphatic carbocycles. The number of hydrogen-bond acceptors (Lipinski definition) is 6. The van der Waals surface area contributed by atoms with Crippen LogP contribution in [0.3, 0.4) is 0 Å². The number of hydrogen-bond donors (Lipinski definition) is 0. The topological polar surface area (TPSA) is 78.9 Å². The maximum Gasteiger partial charge on any atom is 0.303 e. The van der Waals surface area contributed by atoms with Crippen molar-refractivity contribution in [3.63, 3.8) is 0 Å². The van der Waals surface area contributed by atoms with Gasteiger partial charge in [-0.3, -0.25) is 15.9 Å². The van der Waals surface area contributed by atoms with Gasteiger partial charge in [0.25, 0.3) is 0 Å². The first-order chi connectivity index (χ1) is 10.6. The Morgan fingerprint density at radius 2 is 1.42 bits per heavy atom.